The highest BCUT2D eigenvalue weighted by atomic mass is 32.1. The summed E-state index contributed by atoms with van der Waals surface area (Å²) < 4.78 is 27.8. The van der Waals surface area contributed by atoms with Gasteiger partial charge >= 0.3 is 5.69 Å². The Labute approximate surface area is 204 Å². The van der Waals surface area contributed by atoms with Crippen LogP contribution in [0.5, 0.6) is 0 Å². The quantitative estimate of drug-likeness (QED) is 0.535. The number of allylic oxidation sites excluding steroid dienone is 1. The molecule has 1 aliphatic heterocycles. The topological polar surface area (TPSA) is 84.5 Å². The van der Waals surface area contributed by atoms with Gasteiger partial charge < -0.3 is 10.0 Å². The molecule has 7 nitrogen and oxygen atoms in total. The lowest BCUT2D eigenvalue weighted by molar-refractivity contribution is 0.0550. The molecule has 0 aliphatic carbocycles. The average Bonchev–Trinajstić information content (AvgIpc) is 3.18. The molecule has 3 heterocycles. The molecule has 2 aromatic heterocycles. The number of fused-ring (bicyclic) bond motifs is 1. The lowest BCUT2D eigenvalue weighted by Crippen LogP contribution is -2.40. The summed E-state index contributed by atoms with van der Waals surface area (Å²) >= 11 is 1.05. The van der Waals surface area contributed by atoms with Crippen LogP contribution in [0, 0.1) is 6.92 Å². The van der Waals surface area contributed by atoms with Crippen molar-refractivity contribution in [2.45, 2.75) is 51.8 Å². The van der Waals surface area contributed by atoms with E-state index in [0.717, 1.165) is 27.5 Å². The Kier molecular flexibility index (Phi) is 7.61. The van der Waals surface area contributed by atoms with Gasteiger partial charge in [-0.1, -0.05) is 30.3 Å². The van der Waals surface area contributed by atoms with Gasteiger partial charge in [0.25, 0.3) is 17.5 Å². The summed E-state index contributed by atoms with van der Waals surface area (Å²) in [5, 5.41) is 10.0. The minimum absolute atomic E-state index is 0.0399. The van der Waals surface area contributed by atoms with E-state index in [9.17, 15) is 28.3 Å². The molecule has 1 aromatic carbocycles. The zero-order valence-corrected chi connectivity index (χ0v) is 20.2. The maximum Gasteiger partial charge on any atom is 0.332 e. The highest BCUT2D eigenvalue weighted by Crippen LogP contribution is 2.30. The molecule has 3 aromatic rings. The van der Waals surface area contributed by atoms with Gasteiger partial charge in [0.2, 0.25) is 0 Å². The lowest BCUT2D eigenvalue weighted by Gasteiger charge is -2.29. The third-order valence-corrected chi connectivity index (χ3v) is 7.66. The number of rotatable bonds is 7. The molecular weight excluding hydrogens is 476 g/mol. The molecule has 1 aliphatic rings. The zero-order valence-electron chi connectivity index (χ0n) is 19.4. The van der Waals surface area contributed by atoms with Crippen LogP contribution in [-0.4, -0.2) is 44.2 Å². The normalized spacial score (nSPS) is 14.5. The third-order valence-electron chi connectivity index (χ3n) is 6.36. The van der Waals surface area contributed by atoms with E-state index in [1.807, 2.05) is 30.3 Å². The van der Waals surface area contributed by atoms with Crippen molar-refractivity contribution in [3.8, 4) is 0 Å². The smallest absolute Gasteiger partial charge is 0.332 e. The number of carbonyl (C=O) groups is 1. The van der Waals surface area contributed by atoms with Crippen molar-refractivity contribution in [3.05, 3.63) is 79.3 Å². The van der Waals surface area contributed by atoms with E-state index in [0.29, 0.717) is 47.6 Å². The Morgan fingerprint density at radius 1 is 1.11 bits per heavy atom. The van der Waals surface area contributed by atoms with E-state index in [-0.39, 0.29) is 30.8 Å². The number of halogens is 2. The maximum atomic E-state index is 13.4. The number of aromatic nitrogens is 2. The number of aryl methyl sites for hydroxylation is 3. The summed E-state index contributed by atoms with van der Waals surface area (Å²) in [5.41, 5.74) is 0.386. The number of benzene rings is 1. The van der Waals surface area contributed by atoms with Gasteiger partial charge in [0.15, 0.2) is 0 Å². The maximum absolute atomic E-state index is 13.4. The van der Waals surface area contributed by atoms with Crippen LogP contribution < -0.4 is 11.2 Å². The Bertz CT molecular complexity index is 1370. The van der Waals surface area contributed by atoms with E-state index in [1.165, 1.54) is 4.57 Å². The van der Waals surface area contributed by atoms with Gasteiger partial charge in [-0.25, -0.2) is 4.79 Å². The molecule has 1 N–H and O–H groups in total. The SMILES string of the molecule is Cc1c(C(=O)N2CCC(O)CC2)sc2c1c(=O)n(CCc1ccccc1)c(=O)n2CCC=C(F)F. The Morgan fingerprint density at radius 2 is 1.80 bits per heavy atom. The van der Waals surface area contributed by atoms with Crippen LogP contribution >= 0.6 is 11.3 Å². The number of piperidine rings is 1. The van der Waals surface area contributed by atoms with Crippen LogP contribution in [0.4, 0.5) is 8.78 Å². The van der Waals surface area contributed by atoms with Crippen molar-refractivity contribution in [1.82, 2.24) is 14.0 Å². The summed E-state index contributed by atoms with van der Waals surface area (Å²) in [6.07, 6.45) is -0.208. The van der Waals surface area contributed by atoms with Crippen molar-refractivity contribution in [3.63, 3.8) is 0 Å². The second-order valence-corrected chi connectivity index (χ2v) is 9.67. The number of aliphatic hydroxyl groups excluding tert-OH is 1. The molecule has 0 saturated carbocycles. The Morgan fingerprint density at radius 3 is 2.46 bits per heavy atom. The average molecular weight is 504 g/mol. The standard InChI is InChI=1S/C25H27F2N3O4S/c1-16-20-22(32)29(15-9-17-6-3-2-4-7-17)25(34)30(12-5-8-19(26)27)24(20)35-21(16)23(33)28-13-10-18(31)11-14-28/h2-4,6-8,18,31H,5,9-15H2,1H3. The van der Waals surface area contributed by atoms with E-state index in [1.54, 1.807) is 11.8 Å². The molecule has 1 saturated heterocycles. The molecule has 0 bridgehead atoms. The minimum atomic E-state index is -1.84. The molecular formula is C25H27F2N3O4S. The van der Waals surface area contributed by atoms with Gasteiger partial charge in [-0.15, -0.1) is 11.3 Å². The molecule has 0 spiro atoms. The van der Waals surface area contributed by atoms with Crippen molar-refractivity contribution < 1.29 is 18.7 Å². The molecule has 4 rings (SSSR count). The largest absolute Gasteiger partial charge is 0.393 e. The first-order valence-electron chi connectivity index (χ1n) is 11.6. The van der Waals surface area contributed by atoms with Crippen LogP contribution in [0.25, 0.3) is 10.2 Å². The first kappa shape index (κ1) is 25.0. The molecule has 0 unspecified atom stereocenters. The van der Waals surface area contributed by atoms with E-state index >= 15 is 0 Å². The number of likely N-dealkylation sites (tertiary alicyclic amines) is 1. The van der Waals surface area contributed by atoms with E-state index in [4.69, 9.17) is 0 Å². The molecule has 0 radical (unpaired) electrons. The van der Waals surface area contributed by atoms with Crippen molar-refractivity contribution in [1.29, 1.82) is 0 Å². The van der Waals surface area contributed by atoms with Gasteiger partial charge in [0.05, 0.1) is 16.4 Å². The summed E-state index contributed by atoms with van der Waals surface area (Å²) in [6.45, 7) is 2.59. The monoisotopic (exact) mass is 503 g/mol. The second-order valence-electron chi connectivity index (χ2n) is 8.67. The van der Waals surface area contributed by atoms with Crippen LogP contribution in [0.1, 0.15) is 40.1 Å². The number of nitrogens with zero attached hydrogens (tertiary/aromatic N) is 3. The third kappa shape index (κ3) is 5.28. The summed E-state index contributed by atoms with van der Waals surface area (Å²) in [5.74, 6) is -0.250. The fourth-order valence-corrected chi connectivity index (χ4v) is 5.68. The molecule has 35 heavy (non-hydrogen) atoms. The summed E-state index contributed by atoms with van der Waals surface area (Å²) in [7, 11) is 0. The van der Waals surface area contributed by atoms with E-state index < -0.39 is 23.4 Å². The minimum Gasteiger partial charge on any atom is -0.393 e. The number of thiophene rings is 1. The van der Waals surface area contributed by atoms with E-state index in [2.05, 4.69) is 0 Å². The van der Waals surface area contributed by atoms with Gasteiger partial charge in [-0.3, -0.25) is 18.7 Å². The summed E-state index contributed by atoms with van der Waals surface area (Å²) in [6, 6.07) is 9.43. The fourth-order valence-electron chi connectivity index (χ4n) is 4.39. The van der Waals surface area contributed by atoms with Crippen LogP contribution in [-0.2, 0) is 19.5 Å². The van der Waals surface area contributed by atoms with Crippen LogP contribution in [0.3, 0.4) is 0 Å². The van der Waals surface area contributed by atoms with Gasteiger partial charge in [0, 0.05) is 26.2 Å². The van der Waals surface area contributed by atoms with Gasteiger partial charge in [-0.2, -0.15) is 8.78 Å². The number of hydrogen-bond acceptors (Lipinski definition) is 5. The fraction of sp³-hybridized carbons (Fsp3) is 0.400. The van der Waals surface area contributed by atoms with Crippen LogP contribution in [0.15, 0.2) is 52.1 Å². The number of amides is 1. The van der Waals surface area contributed by atoms with Crippen LogP contribution in [0.2, 0.25) is 0 Å². The molecule has 1 amide bonds. The lowest BCUT2D eigenvalue weighted by atomic mass is 10.1. The summed E-state index contributed by atoms with van der Waals surface area (Å²) in [4.78, 5) is 42.3. The number of aliphatic hydroxyl groups is 1. The number of carbonyl (C=O) groups excluding carboxylic acids is 1. The predicted octanol–water partition coefficient (Wildman–Crippen LogP) is 3.54. The second kappa shape index (κ2) is 10.7. The molecule has 1 fully saturated rings. The van der Waals surface area contributed by atoms with Crippen molar-refractivity contribution >= 4 is 27.5 Å². The first-order chi connectivity index (χ1) is 16.8. The Balaban J connectivity index is 1.79. The molecule has 10 heteroatoms. The van der Waals surface area contributed by atoms with Crippen molar-refractivity contribution in [2.24, 2.45) is 0 Å². The first-order valence-corrected chi connectivity index (χ1v) is 12.4. The molecule has 0 atom stereocenters. The highest BCUT2D eigenvalue weighted by Gasteiger charge is 2.28. The number of hydrogen-bond donors (Lipinski definition) is 1. The zero-order chi connectivity index (χ0) is 25.1. The van der Waals surface area contributed by atoms with Crippen molar-refractivity contribution in [2.75, 3.05) is 13.1 Å². The highest BCUT2D eigenvalue weighted by molar-refractivity contribution is 7.20. The van der Waals surface area contributed by atoms with Gasteiger partial charge in [-0.05, 0) is 49.8 Å². The Hall–Kier alpha value is -3.11. The van der Waals surface area contributed by atoms with Gasteiger partial charge in [0.1, 0.15) is 4.83 Å². The predicted molar refractivity (Wildman–Crippen MR) is 131 cm³/mol. The molecule has 186 valence electrons.